The number of benzene rings is 2. The molecule has 6 heteroatoms. The smallest absolute Gasteiger partial charge is 0.407 e. The minimum atomic E-state index is -0.355. The molecule has 4 nitrogen and oxygen atoms in total. The summed E-state index contributed by atoms with van der Waals surface area (Å²) in [4.78, 5) is 13.6. The Morgan fingerprint density at radius 1 is 1.09 bits per heavy atom. The first kappa shape index (κ1) is 22.1. The number of carbonyl (C=O) groups excluding carboxylic acids is 1. The van der Waals surface area contributed by atoms with Crippen molar-refractivity contribution in [2.24, 2.45) is 5.92 Å². The summed E-state index contributed by atoms with van der Waals surface area (Å²) in [5, 5.41) is 4.90. The largest absolute Gasteiger partial charge is 0.440 e. The van der Waals surface area contributed by atoms with Gasteiger partial charge in [0.15, 0.2) is 6.10 Å². The number of hydrogen-bond acceptors (Lipinski definition) is 3. The van der Waals surface area contributed by atoms with Crippen LogP contribution in [0.5, 0.6) is 0 Å². The van der Waals surface area contributed by atoms with E-state index in [0.717, 1.165) is 52.8 Å². The van der Waals surface area contributed by atoms with Gasteiger partial charge in [-0.2, -0.15) is 0 Å². The molecule has 6 rings (SSSR count). The Morgan fingerprint density at radius 2 is 1.91 bits per heavy atom. The van der Waals surface area contributed by atoms with Crippen LogP contribution in [0, 0.1) is 11.7 Å². The predicted octanol–water partition coefficient (Wildman–Crippen LogP) is 5.63. The van der Waals surface area contributed by atoms with Crippen LogP contribution in [0.1, 0.15) is 24.0 Å². The summed E-state index contributed by atoms with van der Waals surface area (Å²) in [6, 6.07) is 19.2. The van der Waals surface area contributed by atoms with Gasteiger partial charge in [-0.05, 0) is 40.3 Å². The molecule has 3 aliphatic rings. The summed E-state index contributed by atoms with van der Waals surface area (Å²) in [7, 11) is 0. The Morgan fingerprint density at radius 3 is 2.70 bits per heavy atom. The molecule has 1 N–H and O–H groups in total. The van der Waals surface area contributed by atoms with Crippen molar-refractivity contribution in [1.82, 2.24) is 5.32 Å². The van der Waals surface area contributed by atoms with Crippen LogP contribution in [-0.2, 0) is 17.7 Å². The molecular formula is C27H30FN2O2S+. The Hall–Kier alpha value is -2.70. The molecule has 3 saturated heterocycles. The highest BCUT2D eigenvalue weighted by Gasteiger charge is 2.47. The number of hydrogen-bond donors (Lipinski definition) is 1. The van der Waals surface area contributed by atoms with Crippen molar-refractivity contribution in [3.05, 3.63) is 83.0 Å². The third-order valence-corrected chi connectivity index (χ3v) is 8.28. The predicted molar refractivity (Wildman–Crippen MR) is 129 cm³/mol. The zero-order valence-electron chi connectivity index (χ0n) is 18.7. The number of piperidine rings is 3. The topological polar surface area (TPSA) is 38.3 Å². The van der Waals surface area contributed by atoms with Gasteiger partial charge in [0.05, 0.1) is 19.6 Å². The molecule has 4 heterocycles. The summed E-state index contributed by atoms with van der Waals surface area (Å²) in [5.74, 6) is 0.211. The summed E-state index contributed by atoms with van der Waals surface area (Å²) < 4.78 is 20.6. The van der Waals surface area contributed by atoms with Crippen LogP contribution in [0.25, 0.3) is 10.4 Å². The SMILES string of the molecule is O=C(NCc1ccsc1-c1cccc(F)c1)OC1C[N+]2(CCc3ccccc3)CCC1CC2. The zero-order valence-corrected chi connectivity index (χ0v) is 19.5. The molecule has 0 saturated carbocycles. The molecule has 1 unspecified atom stereocenters. The third kappa shape index (κ3) is 5.12. The lowest BCUT2D eigenvalue weighted by molar-refractivity contribution is -0.945. The average Bonchev–Trinajstić information content (AvgIpc) is 3.32. The second-order valence-corrected chi connectivity index (χ2v) is 10.3. The van der Waals surface area contributed by atoms with E-state index in [2.05, 4.69) is 35.6 Å². The first-order valence-corrected chi connectivity index (χ1v) is 12.6. The van der Waals surface area contributed by atoms with Crippen LogP contribution in [0.4, 0.5) is 9.18 Å². The van der Waals surface area contributed by atoms with Crippen LogP contribution >= 0.6 is 11.3 Å². The van der Waals surface area contributed by atoms with E-state index < -0.39 is 0 Å². The molecule has 3 aromatic rings. The van der Waals surface area contributed by atoms with Crippen molar-refractivity contribution in [2.45, 2.75) is 31.9 Å². The van der Waals surface area contributed by atoms with Crippen LogP contribution < -0.4 is 5.32 Å². The lowest BCUT2D eigenvalue weighted by atomic mass is 9.83. The minimum absolute atomic E-state index is 0.0200. The van der Waals surface area contributed by atoms with Gasteiger partial charge in [0.1, 0.15) is 12.4 Å². The Kier molecular flexibility index (Phi) is 6.47. The highest BCUT2D eigenvalue weighted by molar-refractivity contribution is 7.13. The number of nitrogens with zero attached hydrogens (tertiary/aromatic N) is 1. The molecule has 0 aliphatic carbocycles. The summed E-state index contributed by atoms with van der Waals surface area (Å²) in [6.07, 6.45) is 2.94. The number of quaternary nitrogens is 1. The summed E-state index contributed by atoms with van der Waals surface area (Å²) in [5.41, 5.74) is 3.18. The van der Waals surface area contributed by atoms with Gasteiger partial charge in [-0.15, -0.1) is 11.3 Å². The van der Waals surface area contributed by atoms with Gasteiger partial charge in [-0.25, -0.2) is 9.18 Å². The highest BCUT2D eigenvalue weighted by atomic mass is 32.1. The fourth-order valence-electron chi connectivity index (χ4n) is 5.38. The Balaban J connectivity index is 1.17. The Labute approximate surface area is 198 Å². The van der Waals surface area contributed by atoms with E-state index in [0.29, 0.717) is 12.5 Å². The maximum atomic E-state index is 13.6. The first-order valence-electron chi connectivity index (χ1n) is 11.8. The summed E-state index contributed by atoms with van der Waals surface area (Å²) >= 11 is 1.55. The number of nitrogens with one attached hydrogen (secondary N) is 1. The van der Waals surface area contributed by atoms with E-state index >= 15 is 0 Å². The fourth-order valence-corrected chi connectivity index (χ4v) is 6.31. The molecule has 2 aromatic carbocycles. The van der Waals surface area contributed by atoms with Gasteiger partial charge in [-0.3, -0.25) is 0 Å². The molecule has 2 bridgehead atoms. The standard InChI is InChI=1S/C27H29FN2O2S/c28-24-8-4-7-22(17-24)26-23(12-16-33-26)18-29-27(31)32-25-19-30(14-10-21(25)11-15-30)13-9-20-5-2-1-3-6-20/h1-8,12,16-17,21,25H,9-11,13-15,18-19H2/p+1. The number of amides is 1. The molecule has 3 fully saturated rings. The fraction of sp³-hybridized carbons (Fsp3) is 0.370. The number of rotatable bonds is 7. The zero-order chi connectivity index (χ0) is 22.7. The van der Waals surface area contributed by atoms with Gasteiger partial charge in [0.25, 0.3) is 0 Å². The lowest BCUT2D eigenvalue weighted by Gasteiger charge is -2.52. The molecule has 172 valence electrons. The average molecular weight is 466 g/mol. The van der Waals surface area contributed by atoms with Gasteiger partial charge in [-0.1, -0.05) is 42.5 Å². The Bertz CT molecular complexity index is 1090. The number of fused-ring (bicyclic) bond motifs is 3. The van der Waals surface area contributed by atoms with Gasteiger partial charge in [0.2, 0.25) is 0 Å². The molecule has 0 radical (unpaired) electrons. The van der Waals surface area contributed by atoms with Crippen molar-refractivity contribution >= 4 is 17.4 Å². The highest BCUT2D eigenvalue weighted by Crippen LogP contribution is 2.36. The van der Waals surface area contributed by atoms with E-state index in [-0.39, 0.29) is 18.0 Å². The van der Waals surface area contributed by atoms with E-state index in [1.165, 1.54) is 30.8 Å². The molecule has 0 spiro atoms. The van der Waals surface area contributed by atoms with E-state index in [9.17, 15) is 9.18 Å². The number of ether oxygens (including phenoxy) is 1. The number of carbonyl (C=O) groups is 1. The maximum Gasteiger partial charge on any atom is 0.407 e. The molecule has 1 aromatic heterocycles. The van der Waals surface area contributed by atoms with E-state index in [1.54, 1.807) is 17.4 Å². The summed E-state index contributed by atoms with van der Waals surface area (Å²) in [6.45, 7) is 4.76. The number of thiophene rings is 1. The molecular weight excluding hydrogens is 435 g/mol. The van der Waals surface area contributed by atoms with Crippen molar-refractivity contribution in [3.63, 3.8) is 0 Å². The van der Waals surface area contributed by atoms with Crippen LogP contribution in [0.2, 0.25) is 0 Å². The van der Waals surface area contributed by atoms with Gasteiger partial charge >= 0.3 is 6.09 Å². The van der Waals surface area contributed by atoms with Crippen molar-refractivity contribution in [1.29, 1.82) is 0 Å². The van der Waals surface area contributed by atoms with E-state index in [4.69, 9.17) is 4.74 Å². The number of alkyl carbamates (subject to hydrolysis) is 1. The maximum absolute atomic E-state index is 13.6. The van der Waals surface area contributed by atoms with Crippen molar-refractivity contribution in [2.75, 3.05) is 26.2 Å². The third-order valence-electron chi connectivity index (χ3n) is 7.27. The lowest BCUT2D eigenvalue weighted by Crippen LogP contribution is -2.65. The monoisotopic (exact) mass is 465 g/mol. The molecule has 1 amide bonds. The van der Waals surface area contributed by atoms with Crippen LogP contribution in [0.3, 0.4) is 0 Å². The minimum Gasteiger partial charge on any atom is -0.440 e. The van der Waals surface area contributed by atoms with Crippen molar-refractivity contribution < 1.29 is 18.4 Å². The van der Waals surface area contributed by atoms with Crippen LogP contribution in [0.15, 0.2) is 66.0 Å². The van der Waals surface area contributed by atoms with E-state index in [1.807, 2.05) is 17.5 Å². The van der Waals surface area contributed by atoms with Gasteiger partial charge < -0.3 is 14.5 Å². The second kappa shape index (κ2) is 9.65. The first-order chi connectivity index (χ1) is 16.1. The van der Waals surface area contributed by atoms with Gasteiger partial charge in [0, 0.05) is 36.6 Å². The molecule has 33 heavy (non-hydrogen) atoms. The normalized spacial score (nSPS) is 23.9. The second-order valence-electron chi connectivity index (χ2n) is 9.35. The quantitative estimate of drug-likeness (QED) is 0.459. The number of halogens is 1. The van der Waals surface area contributed by atoms with Crippen molar-refractivity contribution in [3.8, 4) is 10.4 Å². The van der Waals surface area contributed by atoms with Crippen LogP contribution in [-0.4, -0.2) is 42.9 Å². The molecule has 1 atom stereocenters. The molecule has 3 aliphatic heterocycles.